The summed E-state index contributed by atoms with van der Waals surface area (Å²) in [6.07, 6.45) is 0. The molecule has 1 aromatic rings. The van der Waals surface area contributed by atoms with Gasteiger partial charge in [-0.3, -0.25) is 0 Å². The summed E-state index contributed by atoms with van der Waals surface area (Å²) in [5, 5.41) is 10.1. The van der Waals surface area contributed by atoms with Gasteiger partial charge in [0.1, 0.15) is 4.21 Å². The van der Waals surface area contributed by atoms with Gasteiger partial charge in [0, 0.05) is 17.3 Å². The lowest BCUT2D eigenvalue weighted by atomic mass is 9.89. The highest BCUT2D eigenvalue weighted by molar-refractivity contribution is 7.91. The number of carboxylic acid groups (broad SMARTS) is 1. The van der Waals surface area contributed by atoms with Crippen molar-refractivity contribution in [3.63, 3.8) is 0 Å². The van der Waals surface area contributed by atoms with Crippen molar-refractivity contribution >= 4 is 27.3 Å². The van der Waals surface area contributed by atoms with Crippen molar-refractivity contribution in [1.29, 1.82) is 0 Å². The van der Waals surface area contributed by atoms with Crippen molar-refractivity contribution in [2.24, 2.45) is 5.41 Å². The Balaban J connectivity index is 2.07. The molecule has 0 saturated carbocycles. The Hall–Kier alpha value is -0.960. The lowest BCUT2D eigenvalue weighted by Crippen LogP contribution is -2.48. The topological polar surface area (TPSA) is 92.7 Å². The van der Waals surface area contributed by atoms with E-state index in [0.717, 1.165) is 17.4 Å². The quantitative estimate of drug-likeness (QED) is 0.835. The van der Waals surface area contributed by atoms with E-state index >= 15 is 0 Å². The zero-order chi connectivity index (χ0) is 13.4. The molecule has 1 aromatic heterocycles. The largest absolute Gasteiger partial charge is 0.478 e. The summed E-state index contributed by atoms with van der Waals surface area (Å²) >= 11 is 0.898. The van der Waals surface area contributed by atoms with Crippen LogP contribution in [0.15, 0.2) is 15.7 Å². The van der Waals surface area contributed by atoms with E-state index in [9.17, 15) is 13.2 Å². The highest BCUT2D eigenvalue weighted by Gasteiger charge is 2.34. The molecule has 2 rings (SSSR count). The molecule has 0 amide bonds. The van der Waals surface area contributed by atoms with Crippen LogP contribution >= 0.6 is 11.3 Å². The minimum Gasteiger partial charge on any atom is -0.478 e. The predicted octanol–water partition coefficient (Wildman–Crippen LogP) is 0.761. The van der Waals surface area contributed by atoms with Gasteiger partial charge in [-0.05, 0) is 6.07 Å². The number of ether oxygens (including phenoxy) is 1. The molecule has 100 valence electrons. The molecule has 18 heavy (non-hydrogen) atoms. The average Bonchev–Trinajstić information content (AvgIpc) is 2.73. The second-order valence-corrected chi connectivity index (χ2v) is 7.49. The van der Waals surface area contributed by atoms with Gasteiger partial charge in [0.15, 0.2) is 0 Å². The molecule has 1 saturated heterocycles. The van der Waals surface area contributed by atoms with E-state index in [2.05, 4.69) is 4.72 Å². The van der Waals surface area contributed by atoms with Crippen LogP contribution in [0.4, 0.5) is 0 Å². The number of carbonyl (C=O) groups is 1. The van der Waals surface area contributed by atoms with E-state index < -0.39 is 16.0 Å². The summed E-state index contributed by atoms with van der Waals surface area (Å²) in [7, 11) is -3.63. The Morgan fingerprint density at radius 2 is 2.28 bits per heavy atom. The van der Waals surface area contributed by atoms with Crippen LogP contribution in [0.3, 0.4) is 0 Å². The summed E-state index contributed by atoms with van der Waals surface area (Å²) < 4.78 is 31.4. The molecule has 0 bridgehead atoms. The monoisotopic (exact) mass is 291 g/mol. The van der Waals surface area contributed by atoms with Crippen molar-refractivity contribution in [2.75, 3.05) is 19.8 Å². The maximum absolute atomic E-state index is 11.9. The molecule has 1 aliphatic rings. The van der Waals surface area contributed by atoms with Gasteiger partial charge in [-0.25, -0.2) is 17.9 Å². The molecule has 0 radical (unpaired) electrons. The normalized spacial score (nSPS) is 18.3. The molecule has 0 spiro atoms. The Kier molecular flexibility index (Phi) is 3.45. The van der Waals surface area contributed by atoms with E-state index in [1.54, 1.807) is 0 Å². The molecular weight excluding hydrogens is 278 g/mol. The predicted molar refractivity (Wildman–Crippen MR) is 65.4 cm³/mol. The summed E-state index contributed by atoms with van der Waals surface area (Å²) in [5.74, 6) is -1.13. The molecule has 6 nitrogen and oxygen atoms in total. The summed E-state index contributed by atoms with van der Waals surface area (Å²) in [4.78, 5) is 10.7. The summed E-state index contributed by atoms with van der Waals surface area (Å²) in [5.41, 5.74) is -0.182. The number of carboxylic acids is 1. The van der Waals surface area contributed by atoms with Gasteiger partial charge in [0.2, 0.25) is 10.0 Å². The Morgan fingerprint density at radius 3 is 2.72 bits per heavy atom. The smallest absolute Gasteiger partial charge is 0.336 e. The number of hydrogen-bond donors (Lipinski definition) is 2. The Labute approximate surface area is 109 Å². The van der Waals surface area contributed by atoms with Gasteiger partial charge < -0.3 is 9.84 Å². The summed E-state index contributed by atoms with van der Waals surface area (Å²) in [6, 6.07) is 1.16. The minimum absolute atomic E-state index is 0.0152. The third-order valence-corrected chi connectivity index (χ3v) is 5.52. The highest BCUT2D eigenvalue weighted by atomic mass is 32.2. The fourth-order valence-electron chi connectivity index (χ4n) is 1.46. The van der Waals surface area contributed by atoms with Crippen molar-refractivity contribution in [2.45, 2.75) is 11.1 Å². The maximum atomic E-state index is 11.9. The fourth-order valence-corrected chi connectivity index (χ4v) is 3.86. The lowest BCUT2D eigenvalue weighted by Gasteiger charge is -2.37. The van der Waals surface area contributed by atoms with Crippen LogP contribution in [0.5, 0.6) is 0 Å². The van der Waals surface area contributed by atoms with Gasteiger partial charge >= 0.3 is 5.97 Å². The third kappa shape index (κ3) is 2.72. The summed E-state index contributed by atoms with van der Waals surface area (Å²) in [6.45, 7) is 3.27. The van der Waals surface area contributed by atoms with Crippen LogP contribution in [0.2, 0.25) is 0 Å². The second kappa shape index (κ2) is 4.61. The van der Waals surface area contributed by atoms with Crippen LogP contribution in [-0.4, -0.2) is 39.3 Å². The molecule has 1 fully saturated rings. The van der Waals surface area contributed by atoms with E-state index in [1.807, 2.05) is 6.92 Å². The van der Waals surface area contributed by atoms with E-state index in [1.165, 1.54) is 5.38 Å². The zero-order valence-corrected chi connectivity index (χ0v) is 11.3. The number of sulfonamides is 1. The molecule has 0 unspecified atom stereocenters. The molecule has 0 aromatic carbocycles. The molecule has 1 aliphatic heterocycles. The first kappa shape index (κ1) is 13.5. The molecular formula is C10H13NO5S2. The molecule has 2 heterocycles. The van der Waals surface area contributed by atoms with Crippen LogP contribution in [0.25, 0.3) is 0 Å². The fraction of sp³-hybridized carbons (Fsp3) is 0.500. The second-order valence-electron chi connectivity index (χ2n) is 4.59. The van der Waals surface area contributed by atoms with E-state index in [4.69, 9.17) is 9.84 Å². The minimum atomic E-state index is -3.63. The van der Waals surface area contributed by atoms with Gasteiger partial charge in [0.25, 0.3) is 0 Å². The first-order valence-corrected chi connectivity index (χ1v) is 7.58. The van der Waals surface area contributed by atoms with Crippen molar-refractivity contribution in [3.05, 3.63) is 17.0 Å². The van der Waals surface area contributed by atoms with Crippen molar-refractivity contribution < 1.29 is 23.1 Å². The molecule has 2 N–H and O–H groups in total. The zero-order valence-electron chi connectivity index (χ0n) is 9.67. The Bertz CT molecular complexity index is 559. The number of thiophene rings is 1. The van der Waals surface area contributed by atoms with Crippen molar-refractivity contribution in [3.8, 4) is 0 Å². The average molecular weight is 291 g/mol. The molecule has 0 aliphatic carbocycles. The van der Waals surface area contributed by atoms with Gasteiger partial charge in [0.05, 0.1) is 18.8 Å². The number of rotatable bonds is 5. The van der Waals surface area contributed by atoms with Crippen LogP contribution in [0, 0.1) is 5.41 Å². The van der Waals surface area contributed by atoms with Crippen molar-refractivity contribution in [1.82, 2.24) is 4.72 Å². The highest BCUT2D eigenvalue weighted by Crippen LogP contribution is 2.26. The first-order chi connectivity index (χ1) is 8.32. The van der Waals surface area contributed by atoms with Gasteiger partial charge in [-0.15, -0.1) is 11.3 Å². The van der Waals surface area contributed by atoms with Gasteiger partial charge in [-0.1, -0.05) is 6.92 Å². The SMILES string of the molecule is CC1(CNS(=O)(=O)c2cc(C(=O)O)cs2)COC1. The number of aromatic carboxylic acids is 1. The van der Waals surface area contributed by atoms with Crippen LogP contribution < -0.4 is 4.72 Å². The standard InChI is InChI=1S/C10H13NO5S2/c1-10(5-16-6-10)4-11-18(14,15)8-2-7(3-17-8)9(12)13/h2-3,11H,4-6H2,1H3,(H,12,13). The lowest BCUT2D eigenvalue weighted by molar-refractivity contribution is -0.0965. The molecule has 8 heteroatoms. The first-order valence-electron chi connectivity index (χ1n) is 5.22. The van der Waals surface area contributed by atoms with E-state index in [-0.39, 0.29) is 21.7 Å². The Morgan fingerprint density at radius 1 is 1.61 bits per heavy atom. The third-order valence-electron chi connectivity index (χ3n) is 2.68. The maximum Gasteiger partial charge on any atom is 0.336 e. The number of hydrogen-bond acceptors (Lipinski definition) is 5. The number of nitrogens with one attached hydrogen (secondary N) is 1. The van der Waals surface area contributed by atoms with Crippen LogP contribution in [-0.2, 0) is 14.8 Å². The van der Waals surface area contributed by atoms with Crippen LogP contribution in [0.1, 0.15) is 17.3 Å². The molecule has 0 atom stereocenters. The van der Waals surface area contributed by atoms with Gasteiger partial charge in [-0.2, -0.15) is 0 Å². The van der Waals surface area contributed by atoms with E-state index in [0.29, 0.717) is 13.2 Å².